The van der Waals surface area contributed by atoms with Crippen molar-refractivity contribution in [3.63, 3.8) is 0 Å². The first-order chi connectivity index (χ1) is 12.3. The topological polar surface area (TPSA) is 66.8 Å². The van der Waals surface area contributed by atoms with Gasteiger partial charge in [0.1, 0.15) is 5.75 Å². The molecule has 1 heterocycles. The predicted molar refractivity (Wildman–Crippen MR) is 85.9 cm³/mol. The summed E-state index contributed by atoms with van der Waals surface area (Å²) in [4.78, 5) is 24.7. The summed E-state index contributed by atoms with van der Waals surface area (Å²) in [7, 11) is 0. The summed E-state index contributed by atoms with van der Waals surface area (Å²) in [6.45, 7) is -1.10. The number of alkyl halides is 3. The molecule has 3 rings (SSSR count). The molecule has 26 heavy (non-hydrogen) atoms. The summed E-state index contributed by atoms with van der Waals surface area (Å²) < 4.78 is 45.1. The fourth-order valence-electron chi connectivity index (χ4n) is 3.64. The minimum Gasteiger partial charge on any atom is -0.490 e. The quantitative estimate of drug-likeness (QED) is 0.882. The molecule has 1 aliphatic heterocycles. The van der Waals surface area contributed by atoms with Crippen LogP contribution >= 0.6 is 0 Å². The van der Waals surface area contributed by atoms with Crippen LogP contribution in [0.3, 0.4) is 0 Å². The van der Waals surface area contributed by atoms with Crippen LogP contribution in [0, 0.1) is 11.8 Å². The standard InChI is InChI=1S/C18H20F3NO4/c19-18(20,21)15-10-22(9-14(15)17(24)25)16(23)11-4-3-7-13(8-11)26-12-5-1-2-6-12/h3-4,7-8,12,14-15H,1-2,5-6,9-10H2,(H,24,25)/t14-,15-/m1/s1. The lowest BCUT2D eigenvalue weighted by Crippen LogP contribution is -2.34. The van der Waals surface area contributed by atoms with Gasteiger partial charge in [-0.15, -0.1) is 0 Å². The van der Waals surface area contributed by atoms with Crippen LogP contribution in [0.4, 0.5) is 13.2 Å². The molecule has 0 spiro atoms. The summed E-state index contributed by atoms with van der Waals surface area (Å²) >= 11 is 0. The normalized spacial score (nSPS) is 24.0. The van der Waals surface area contributed by atoms with Crippen LogP contribution in [0.1, 0.15) is 36.0 Å². The van der Waals surface area contributed by atoms with Crippen LogP contribution in [0.25, 0.3) is 0 Å². The second-order valence-electron chi connectivity index (χ2n) is 6.86. The molecule has 2 atom stereocenters. The number of hydrogen-bond acceptors (Lipinski definition) is 3. The van der Waals surface area contributed by atoms with Gasteiger partial charge in [-0.3, -0.25) is 9.59 Å². The van der Waals surface area contributed by atoms with Gasteiger partial charge in [0.05, 0.1) is 17.9 Å². The van der Waals surface area contributed by atoms with Gasteiger partial charge < -0.3 is 14.7 Å². The van der Waals surface area contributed by atoms with Crippen molar-refractivity contribution >= 4 is 11.9 Å². The summed E-state index contributed by atoms with van der Waals surface area (Å²) in [5.74, 6) is -5.34. The Morgan fingerprint density at radius 1 is 1.15 bits per heavy atom. The first kappa shape index (κ1) is 18.5. The number of carboxylic acid groups (broad SMARTS) is 1. The maximum absolute atomic E-state index is 13.1. The SMILES string of the molecule is O=C(O)[C@@H]1CN(C(=O)c2cccc(OC3CCCC3)c2)C[C@H]1C(F)(F)F. The fraction of sp³-hybridized carbons (Fsp3) is 0.556. The molecule has 1 N–H and O–H groups in total. The molecule has 8 heteroatoms. The highest BCUT2D eigenvalue weighted by molar-refractivity contribution is 5.95. The number of halogens is 3. The maximum Gasteiger partial charge on any atom is 0.394 e. The number of carboxylic acids is 1. The summed E-state index contributed by atoms with van der Waals surface area (Å²) in [5.41, 5.74) is 0.201. The zero-order chi connectivity index (χ0) is 18.9. The van der Waals surface area contributed by atoms with Crippen molar-refractivity contribution in [1.29, 1.82) is 0 Å². The molecule has 5 nitrogen and oxygen atoms in total. The summed E-state index contributed by atoms with van der Waals surface area (Å²) in [6.07, 6.45) is -0.502. The molecule has 1 aromatic carbocycles. The molecule has 0 aromatic heterocycles. The number of rotatable bonds is 4. The highest BCUT2D eigenvalue weighted by atomic mass is 19.4. The Bertz CT molecular complexity index is 685. The van der Waals surface area contributed by atoms with Crippen molar-refractivity contribution in [2.75, 3.05) is 13.1 Å². The van der Waals surface area contributed by atoms with Crippen LogP contribution in [0.5, 0.6) is 5.75 Å². The van der Waals surface area contributed by atoms with E-state index in [1.165, 1.54) is 12.1 Å². The Morgan fingerprint density at radius 3 is 2.42 bits per heavy atom. The van der Waals surface area contributed by atoms with Gasteiger partial charge in [0, 0.05) is 18.7 Å². The van der Waals surface area contributed by atoms with Gasteiger partial charge in [0.2, 0.25) is 0 Å². The van der Waals surface area contributed by atoms with E-state index in [4.69, 9.17) is 9.84 Å². The molecule has 1 aromatic rings. The van der Waals surface area contributed by atoms with Gasteiger partial charge in [-0.2, -0.15) is 13.2 Å². The molecule has 1 aliphatic carbocycles. The fourth-order valence-corrected chi connectivity index (χ4v) is 3.64. The first-order valence-electron chi connectivity index (χ1n) is 8.61. The van der Waals surface area contributed by atoms with Gasteiger partial charge in [0.15, 0.2) is 0 Å². The zero-order valence-electron chi connectivity index (χ0n) is 14.0. The molecule has 0 unspecified atom stereocenters. The van der Waals surface area contributed by atoms with Crippen molar-refractivity contribution in [3.05, 3.63) is 29.8 Å². The summed E-state index contributed by atoms with van der Waals surface area (Å²) in [5, 5.41) is 9.06. The average Bonchev–Trinajstić information content (AvgIpc) is 3.23. The minimum absolute atomic E-state index is 0.0955. The number of aliphatic carboxylic acids is 1. The van der Waals surface area contributed by atoms with Crippen molar-refractivity contribution in [2.24, 2.45) is 11.8 Å². The van der Waals surface area contributed by atoms with E-state index in [9.17, 15) is 22.8 Å². The Balaban J connectivity index is 1.73. The van der Waals surface area contributed by atoms with Gasteiger partial charge >= 0.3 is 12.1 Å². The number of hydrogen-bond donors (Lipinski definition) is 1. The Morgan fingerprint density at radius 2 is 1.85 bits per heavy atom. The van der Waals surface area contributed by atoms with E-state index in [1.807, 2.05) is 0 Å². The second-order valence-corrected chi connectivity index (χ2v) is 6.86. The van der Waals surface area contributed by atoms with Crippen molar-refractivity contribution in [3.8, 4) is 5.75 Å². The molecule has 2 fully saturated rings. The third-order valence-electron chi connectivity index (χ3n) is 5.03. The smallest absolute Gasteiger partial charge is 0.394 e. The van der Waals surface area contributed by atoms with Gasteiger partial charge in [-0.25, -0.2) is 0 Å². The lowest BCUT2D eigenvalue weighted by atomic mass is 9.96. The van der Waals surface area contributed by atoms with E-state index in [0.29, 0.717) is 5.75 Å². The Labute approximate surface area is 148 Å². The van der Waals surface area contributed by atoms with E-state index >= 15 is 0 Å². The van der Waals surface area contributed by atoms with Crippen LogP contribution in [-0.2, 0) is 4.79 Å². The van der Waals surface area contributed by atoms with Crippen LogP contribution < -0.4 is 4.74 Å². The number of benzene rings is 1. The van der Waals surface area contributed by atoms with Crippen LogP contribution in [0.15, 0.2) is 24.3 Å². The molecule has 1 saturated heterocycles. The van der Waals surface area contributed by atoms with Crippen molar-refractivity contribution < 1.29 is 32.6 Å². The molecule has 1 amide bonds. The number of carbonyl (C=O) groups excluding carboxylic acids is 1. The monoisotopic (exact) mass is 371 g/mol. The number of nitrogens with zero attached hydrogens (tertiary/aromatic N) is 1. The maximum atomic E-state index is 13.1. The molecule has 0 radical (unpaired) electrons. The first-order valence-corrected chi connectivity index (χ1v) is 8.61. The number of likely N-dealkylation sites (tertiary alicyclic amines) is 1. The van der Waals surface area contributed by atoms with E-state index in [-0.39, 0.29) is 11.7 Å². The lowest BCUT2D eigenvalue weighted by molar-refractivity contribution is -0.187. The van der Waals surface area contributed by atoms with Gasteiger partial charge in [0.25, 0.3) is 5.91 Å². The molecule has 2 aliphatic rings. The average molecular weight is 371 g/mol. The lowest BCUT2D eigenvalue weighted by Gasteiger charge is -2.19. The van der Waals surface area contributed by atoms with E-state index in [0.717, 1.165) is 30.6 Å². The van der Waals surface area contributed by atoms with Crippen molar-refractivity contribution in [1.82, 2.24) is 4.90 Å². The van der Waals surface area contributed by atoms with E-state index in [2.05, 4.69) is 0 Å². The molecule has 142 valence electrons. The van der Waals surface area contributed by atoms with Crippen LogP contribution in [-0.4, -0.2) is 47.3 Å². The molecule has 1 saturated carbocycles. The van der Waals surface area contributed by atoms with Gasteiger partial charge in [-0.1, -0.05) is 6.07 Å². The number of ether oxygens (including phenoxy) is 1. The summed E-state index contributed by atoms with van der Waals surface area (Å²) in [6, 6.07) is 6.33. The third-order valence-corrected chi connectivity index (χ3v) is 5.03. The molecular weight excluding hydrogens is 351 g/mol. The minimum atomic E-state index is -4.66. The zero-order valence-corrected chi connectivity index (χ0v) is 14.0. The van der Waals surface area contributed by atoms with Crippen molar-refractivity contribution in [2.45, 2.75) is 38.0 Å². The Hall–Kier alpha value is -2.25. The van der Waals surface area contributed by atoms with Gasteiger partial charge in [-0.05, 0) is 43.9 Å². The molecule has 0 bridgehead atoms. The predicted octanol–water partition coefficient (Wildman–Crippen LogP) is 3.34. The third kappa shape index (κ3) is 3.94. The highest BCUT2D eigenvalue weighted by Gasteiger charge is 2.53. The van der Waals surface area contributed by atoms with E-state index < -0.39 is 43.0 Å². The second kappa shape index (κ2) is 7.17. The number of carbonyl (C=O) groups is 2. The Kier molecular flexibility index (Phi) is 5.11. The van der Waals surface area contributed by atoms with Crippen LogP contribution in [0.2, 0.25) is 0 Å². The van der Waals surface area contributed by atoms with E-state index in [1.54, 1.807) is 12.1 Å². The largest absolute Gasteiger partial charge is 0.490 e. The highest BCUT2D eigenvalue weighted by Crippen LogP contribution is 2.38. The number of amides is 1. The molecular formula is C18H20F3NO4.